The van der Waals surface area contributed by atoms with Gasteiger partial charge in [0, 0.05) is 0 Å². The van der Waals surface area contributed by atoms with Gasteiger partial charge in [-0.1, -0.05) is 18.2 Å². The van der Waals surface area contributed by atoms with Crippen LogP contribution in [0.2, 0.25) is 0 Å². The number of para-hydroxylation sites is 1. The molecule has 0 aliphatic carbocycles. The van der Waals surface area contributed by atoms with Gasteiger partial charge in [0.25, 0.3) is 0 Å². The number of imidazole rings is 1. The van der Waals surface area contributed by atoms with Crippen molar-refractivity contribution in [3.05, 3.63) is 54.4 Å². The third-order valence-corrected chi connectivity index (χ3v) is 3.25. The number of nitrogens with zero attached hydrogens (tertiary/aromatic N) is 1. The number of carbonyl (C=O) groups excluding carboxylic acids is 1. The largest absolute Gasteiger partial charge is 0.497 e. The number of nitrogens with one attached hydrogen (secondary N) is 2. The summed E-state index contributed by atoms with van der Waals surface area (Å²) in [5, 5.41) is 2.90. The van der Waals surface area contributed by atoms with Crippen molar-refractivity contribution in [3.63, 3.8) is 0 Å². The van der Waals surface area contributed by atoms with E-state index in [1.807, 2.05) is 42.5 Å². The Labute approximate surface area is 122 Å². The third kappa shape index (κ3) is 2.86. The number of anilines is 1. The summed E-state index contributed by atoms with van der Waals surface area (Å²) in [4.78, 5) is 19.4. The first-order valence-corrected chi connectivity index (χ1v) is 6.61. The van der Waals surface area contributed by atoms with Crippen LogP contribution in [0, 0.1) is 0 Å². The van der Waals surface area contributed by atoms with Gasteiger partial charge in [0.05, 0.1) is 31.1 Å². The van der Waals surface area contributed by atoms with Crippen molar-refractivity contribution in [2.45, 2.75) is 6.42 Å². The number of H-pyrrole nitrogens is 1. The smallest absolute Gasteiger partial charge is 0.228 e. The zero-order chi connectivity index (χ0) is 14.7. The van der Waals surface area contributed by atoms with Crippen LogP contribution in [0.1, 0.15) is 5.56 Å². The van der Waals surface area contributed by atoms with Crippen LogP contribution in [0.15, 0.2) is 48.8 Å². The van der Waals surface area contributed by atoms with Crippen LogP contribution in [0.25, 0.3) is 11.0 Å². The first-order valence-electron chi connectivity index (χ1n) is 6.61. The third-order valence-electron chi connectivity index (χ3n) is 3.25. The number of benzene rings is 2. The molecular formula is C16H15N3O2. The first kappa shape index (κ1) is 13.2. The van der Waals surface area contributed by atoms with Crippen LogP contribution in [0.4, 0.5) is 5.69 Å². The van der Waals surface area contributed by atoms with Gasteiger partial charge in [-0.05, 0) is 29.8 Å². The summed E-state index contributed by atoms with van der Waals surface area (Å²) in [6.45, 7) is 0. The average molecular weight is 281 g/mol. The SMILES string of the molecule is COc1ccc(CC(=O)Nc2cccc3[nH]cnc23)cc1. The molecule has 5 nitrogen and oxygen atoms in total. The summed E-state index contributed by atoms with van der Waals surface area (Å²) in [6.07, 6.45) is 1.93. The average Bonchev–Trinajstić information content (AvgIpc) is 2.97. The van der Waals surface area contributed by atoms with E-state index in [9.17, 15) is 4.79 Å². The van der Waals surface area contributed by atoms with E-state index in [1.165, 1.54) is 0 Å². The molecule has 0 saturated heterocycles. The minimum absolute atomic E-state index is 0.0735. The molecule has 2 N–H and O–H groups in total. The lowest BCUT2D eigenvalue weighted by Crippen LogP contribution is -2.14. The second-order valence-corrected chi connectivity index (χ2v) is 4.68. The van der Waals surface area contributed by atoms with Crippen molar-refractivity contribution >= 4 is 22.6 Å². The molecule has 3 aromatic rings. The highest BCUT2D eigenvalue weighted by Crippen LogP contribution is 2.20. The molecule has 106 valence electrons. The lowest BCUT2D eigenvalue weighted by atomic mass is 10.1. The quantitative estimate of drug-likeness (QED) is 0.772. The lowest BCUT2D eigenvalue weighted by Gasteiger charge is -2.06. The molecule has 0 fully saturated rings. The van der Waals surface area contributed by atoms with Gasteiger partial charge in [-0.3, -0.25) is 4.79 Å². The number of aromatic nitrogens is 2. The number of aromatic amines is 1. The Balaban J connectivity index is 1.72. The van der Waals surface area contributed by atoms with Crippen LogP contribution in [0.3, 0.4) is 0 Å². The summed E-state index contributed by atoms with van der Waals surface area (Å²) < 4.78 is 5.10. The standard InChI is InChI=1S/C16H15N3O2/c1-21-12-7-5-11(6-8-12)9-15(20)19-14-4-2-3-13-16(14)18-10-17-13/h2-8,10H,9H2,1H3,(H,17,18)(H,19,20). The molecular weight excluding hydrogens is 266 g/mol. The predicted molar refractivity (Wildman–Crippen MR) is 81.4 cm³/mol. The van der Waals surface area contributed by atoms with E-state index in [-0.39, 0.29) is 5.91 Å². The van der Waals surface area contributed by atoms with Crippen LogP contribution >= 0.6 is 0 Å². The molecule has 0 unspecified atom stereocenters. The van der Waals surface area contributed by atoms with Crippen LogP contribution < -0.4 is 10.1 Å². The molecule has 0 aliphatic rings. The highest BCUT2D eigenvalue weighted by atomic mass is 16.5. The molecule has 0 atom stereocenters. The van der Waals surface area contributed by atoms with Crippen molar-refractivity contribution in [1.82, 2.24) is 9.97 Å². The Morgan fingerprint density at radius 3 is 2.81 bits per heavy atom. The van der Waals surface area contributed by atoms with Gasteiger partial charge in [0.1, 0.15) is 11.3 Å². The van der Waals surface area contributed by atoms with Gasteiger partial charge in [0.2, 0.25) is 5.91 Å². The summed E-state index contributed by atoms with van der Waals surface area (Å²) in [5.41, 5.74) is 3.31. The van der Waals surface area contributed by atoms with Gasteiger partial charge in [0.15, 0.2) is 0 Å². The summed E-state index contributed by atoms with van der Waals surface area (Å²) >= 11 is 0. The topological polar surface area (TPSA) is 67.0 Å². The van der Waals surface area contributed by atoms with E-state index in [0.717, 1.165) is 22.3 Å². The monoisotopic (exact) mass is 281 g/mol. The van der Waals surface area contributed by atoms with Gasteiger partial charge >= 0.3 is 0 Å². The minimum Gasteiger partial charge on any atom is -0.497 e. The van der Waals surface area contributed by atoms with E-state index in [1.54, 1.807) is 13.4 Å². The molecule has 21 heavy (non-hydrogen) atoms. The highest BCUT2D eigenvalue weighted by molar-refractivity contribution is 6.00. The molecule has 0 radical (unpaired) electrons. The highest BCUT2D eigenvalue weighted by Gasteiger charge is 2.08. The van der Waals surface area contributed by atoms with Crippen LogP contribution in [-0.4, -0.2) is 23.0 Å². The molecule has 0 bridgehead atoms. The molecule has 1 heterocycles. The fourth-order valence-electron chi connectivity index (χ4n) is 2.19. The van der Waals surface area contributed by atoms with E-state index in [4.69, 9.17) is 4.74 Å². The van der Waals surface area contributed by atoms with Gasteiger partial charge < -0.3 is 15.0 Å². The Kier molecular flexibility index (Phi) is 3.55. The number of amides is 1. The molecule has 3 rings (SSSR count). The number of carbonyl (C=O) groups is 1. The number of fused-ring (bicyclic) bond motifs is 1. The molecule has 5 heteroatoms. The Bertz CT molecular complexity index is 763. The molecule has 1 amide bonds. The normalized spacial score (nSPS) is 10.5. The van der Waals surface area contributed by atoms with Crippen molar-refractivity contribution < 1.29 is 9.53 Å². The Hall–Kier alpha value is -2.82. The summed E-state index contributed by atoms with van der Waals surface area (Å²) in [7, 11) is 1.62. The van der Waals surface area contributed by atoms with E-state index in [2.05, 4.69) is 15.3 Å². The van der Waals surface area contributed by atoms with Crippen molar-refractivity contribution in [2.24, 2.45) is 0 Å². The van der Waals surface area contributed by atoms with E-state index < -0.39 is 0 Å². The number of ether oxygens (including phenoxy) is 1. The summed E-state index contributed by atoms with van der Waals surface area (Å²) in [6, 6.07) is 13.1. The number of hydrogen-bond donors (Lipinski definition) is 2. The zero-order valence-electron chi connectivity index (χ0n) is 11.6. The fourth-order valence-corrected chi connectivity index (χ4v) is 2.19. The first-order chi connectivity index (χ1) is 10.3. The van der Waals surface area contributed by atoms with E-state index in [0.29, 0.717) is 12.1 Å². The maximum Gasteiger partial charge on any atom is 0.228 e. The van der Waals surface area contributed by atoms with Crippen molar-refractivity contribution in [1.29, 1.82) is 0 Å². The van der Waals surface area contributed by atoms with Crippen molar-refractivity contribution in [2.75, 3.05) is 12.4 Å². The maximum absolute atomic E-state index is 12.1. The second-order valence-electron chi connectivity index (χ2n) is 4.68. The Morgan fingerprint density at radius 2 is 2.05 bits per heavy atom. The number of methoxy groups -OCH3 is 1. The molecule has 2 aromatic carbocycles. The van der Waals surface area contributed by atoms with Crippen molar-refractivity contribution in [3.8, 4) is 5.75 Å². The maximum atomic E-state index is 12.1. The summed E-state index contributed by atoms with van der Waals surface area (Å²) in [5.74, 6) is 0.705. The molecule has 0 saturated carbocycles. The fraction of sp³-hybridized carbons (Fsp3) is 0.125. The lowest BCUT2D eigenvalue weighted by molar-refractivity contribution is -0.115. The van der Waals surface area contributed by atoms with Gasteiger partial charge in [-0.25, -0.2) is 4.98 Å². The van der Waals surface area contributed by atoms with Crippen LogP contribution in [-0.2, 0) is 11.2 Å². The molecule has 0 spiro atoms. The van der Waals surface area contributed by atoms with Gasteiger partial charge in [-0.2, -0.15) is 0 Å². The number of hydrogen-bond acceptors (Lipinski definition) is 3. The molecule has 1 aromatic heterocycles. The second kappa shape index (κ2) is 5.66. The zero-order valence-corrected chi connectivity index (χ0v) is 11.6. The molecule has 0 aliphatic heterocycles. The Morgan fingerprint density at radius 1 is 1.24 bits per heavy atom. The van der Waals surface area contributed by atoms with Gasteiger partial charge in [-0.15, -0.1) is 0 Å². The van der Waals surface area contributed by atoms with Crippen LogP contribution in [0.5, 0.6) is 5.75 Å². The minimum atomic E-state index is -0.0735. The predicted octanol–water partition coefficient (Wildman–Crippen LogP) is 2.75. The number of rotatable bonds is 4. The van der Waals surface area contributed by atoms with E-state index >= 15 is 0 Å².